The number of nitrogens with zero attached hydrogens (tertiary/aromatic N) is 3. The van der Waals surface area contributed by atoms with Gasteiger partial charge in [0.25, 0.3) is 5.91 Å². The Morgan fingerprint density at radius 3 is 2.02 bits per heavy atom. The van der Waals surface area contributed by atoms with Crippen molar-refractivity contribution in [2.75, 3.05) is 19.7 Å². The summed E-state index contributed by atoms with van der Waals surface area (Å²) in [6.07, 6.45) is 18.5. The quantitative estimate of drug-likeness (QED) is 0.182. The van der Waals surface area contributed by atoms with Gasteiger partial charge in [0.15, 0.2) is 0 Å². The number of hydrogen-bond acceptors (Lipinski definition) is 8. The van der Waals surface area contributed by atoms with Crippen LogP contribution in [0.2, 0.25) is 0 Å². The third kappa shape index (κ3) is 17.9. The van der Waals surface area contributed by atoms with Crippen molar-refractivity contribution in [3.8, 4) is 0 Å². The summed E-state index contributed by atoms with van der Waals surface area (Å²) in [6, 6.07) is -0.136. The van der Waals surface area contributed by atoms with Crippen molar-refractivity contribution in [3.63, 3.8) is 0 Å². The van der Waals surface area contributed by atoms with Gasteiger partial charge >= 0.3 is 0 Å². The first-order valence-corrected chi connectivity index (χ1v) is 18.6. The van der Waals surface area contributed by atoms with Crippen LogP contribution >= 0.6 is 0 Å². The number of hydrogen-bond donors (Lipinski definition) is 4. The number of nitrogens with one attached hydrogen (secondary N) is 4. The highest BCUT2D eigenvalue weighted by atomic mass is 16.5. The molecule has 0 radical (unpaired) electrons. The van der Waals surface area contributed by atoms with Crippen molar-refractivity contribution in [2.45, 2.75) is 150 Å². The minimum atomic E-state index is -0.649. The fourth-order valence-corrected chi connectivity index (χ4v) is 5.30. The van der Waals surface area contributed by atoms with Crippen LogP contribution in [0.3, 0.4) is 0 Å². The zero-order chi connectivity index (χ0) is 37.5. The van der Waals surface area contributed by atoms with Crippen LogP contribution in [-0.4, -0.2) is 89.0 Å². The summed E-state index contributed by atoms with van der Waals surface area (Å²) in [7, 11) is 0. The van der Waals surface area contributed by atoms with E-state index < -0.39 is 29.5 Å². The monoisotopic (exact) mass is 703 g/mol. The Morgan fingerprint density at radius 2 is 1.58 bits per heavy atom. The van der Waals surface area contributed by atoms with Gasteiger partial charge in [-0.15, -0.1) is 0 Å². The van der Waals surface area contributed by atoms with E-state index in [1.54, 1.807) is 6.92 Å². The first-order valence-electron chi connectivity index (χ1n) is 18.6. The van der Waals surface area contributed by atoms with E-state index in [1.165, 1.54) is 63.5 Å². The molecule has 50 heavy (non-hydrogen) atoms. The van der Waals surface area contributed by atoms with Crippen molar-refractivity contribution in [1.82, 2.24) is 36.1 Å². The van der Waals surface area contributed by atoms with Crippen LogP contribution in [0.1, 0.15) is 137 Å². The lowest BCUT2D eigenvalue weighted by Crippen LogP contribution is -2.56. The molecule has 4 rings (SSSR count). The van der Waals surface area contributed by atoms with Gasteiger partial charge in [-0.1, -0.05) is 79.6 Å². The molecule has 2 aliphatic carbocycles. The highest BCUT2D eigenvalue weighted by molar-refractivity contribution is 5.95. The number of amides is 5. The predicted molar refractivity (Wildman–Crippen MR) is 195 cm³/mol. The summed E-state index contributed by atoms with van der Waals surface area (Å²) in [6.45, 7) is 16.5. The predicted octanol–water partition coefficient (Wildman–Crippen LogP) is 4.51. The molecule has 1 aliphatic heterocycles. The molecule has 4 N–H and O–H groups in total. The van der Waals surface area contributed by atoms with E-state index in [-0.39, 0.29) is 36.0 Å². The maximum atomic E-state index is 12.9. The van der Waals surface area contributed by atoms with Crippen LogP contribution in [0.25, 0.3) is 0 Å². The number of ether oxygens (including phenoxy) is 1. The molecule has 4 atom stereocenters. The van der Waals surface area contributed by atoms with Gasteiger partial charge in [-0.25, -0.2) is 4.98 Å². The first-order chi connectivity index (χ1) is 23.8. The van der Waals surface area contributed by atoms with Crippen LogP contribution in [0.4, 0.5) is 0 Å². The van der Waals surface area contributed by atoms with Crippen molar-refractivity contribution < 1.29 is 28.7 Å². The van der Waals surface area contributed by atoms with E-state index >= 15 is 0 Å². The van der Waals surface area contributed by atoms with E-state index in [1.807, 2.05) is 39.5 Å². The van der Waals surface area contributed by atoms with Crippen LogP contribution in [0, 0.1) is 11.3 Å². The third-order valence-electron chi connectivity index (χ3n) is 8.33. The first kappa shape index (κ1) is 44.4. The Balaban J connectivity index is 0.000000433. The Kier molecular flexibility index (Phi) is 21.8. The SMILES string of the molecule is C1CCCCC1.CC1CCCN1C(=O)C(NC(=O)CNC(=O)c1cnccn1)C(C)(C)C.CCC.CCOC(NC=O)C(C)C(=O)NC1CC1. The molecular formula is C37H65N7O6. The van der Waals surface area contributed by atoms with Crippen LogP contribution in [0.5, 0.6) is 0 Å². The summed E-state index contributed by atoms with van der Waals surface area (Å²) in [5, 5.41) is 10.6. The average molecular weight is 704 g/mol. The van der Waals surface area contributed by atoms with E-state index in [4.69, 9.17) is 4.74 Å². The van der Waals surface area contributed by atoms with Gasteiger partial charge in [0.1, 0.15) is 18.0 Å². The van der Waals surface area contributed by atoms with Crippen molar-refractivity contribution in [1.29, 1.82) is 0 Å². The Hall–Kier alpha value is -3.61. The largest absolute Gasteiger partial charge is 0.358 e. The van der Waals surface area contributed by atoms with Gasteiger partial charge in [-0.2, -0.15) is 0 Å². The second-order valence-electron chi connectivity index (χ2n) is 14.2. The Bertz CT molecular complexity index is 1130. The van der Waals surface area contributed by atoms with Crippen LogP contribution in [-0.2, 0) is 23.9 Å². The van der Waals surface area contributed by atoms with Crippen molar-refractivity contribution >= 4 is 30.0 Å². The number of aromatic nitrogens is 2. The fraction of sp³-hybridized carbons (Fsp3) is 0.757. The second kappa shape index (κ2) is 24.5. The molecule has 13 nitrogen and oxygen atoms in total. The third-order valence-corrected chi connectivity index (χ3v) is 8.33. The summed E-state index contributed by atoms with van der Waals surface area (Å²) in [5.41, 5.74) is -0.307. The van der Waals surface area contributed by atoms with Gasteiger partial charge in [0.05, 0.1) is 18.7 Å². The summed E-state index contributed by atoms with van der Waals surface area (Å²) in [4.78, 5) is 68.6. The zero-order valence-electron chi connectivity index (χ0n) is 31.9. The summed E-state index contributed by atoms with van der Waals surface area (Å²) < 4.78 is 5.26. The molecule has 0 aromatic carbocycles. The van der Waals surface area contributed by atoms with Crippen LogP contribution < -0.4 is 21.3 Å². The summed E-state index contributed by atoms with van der Waals surface area (Å²) in [5.74, 6) is -1.40. The molecular weight excluding hydrogens is 638 g/mol. The number of carbonyl (C=O) groups excluding carboxylic acids is 5. The molecule has 4 unspecified atom stereocenters. The molecule has 0 bridgehead atoms. The molecule has 1 aromatic rings. The zero-order valence-corrected chi connectivity index (χ0v) is 31.9. The van der Waals surface area contributed by atoms with Gasteiger partial charge in [0.2, 0.25) is 24.1 Å². The minimum absolute atomic E-state index is 0.0645. The van der Waals surface area contributed by atoms with E-state index in [2.05, 4.69) is 45.1 Å². The maximum absolute atomic E-state index is 12.9. The molecule has 13 heteroatoms. The Morgan fingerprint density at radius 1 is 0.980 bits per heavy atom. The van der Waals surface area contributed by atoms with E-state index in [0.717, 1.165) is 25.7 Å². The molecule has 1 saturated heterocycles. The lowest BCUT2D eigenvalue weighted by Gasteiger charge is -2.35. The van der Waals surface area contributed by atoms with Gasteiger partial charge in [-0.3, -0.25) is 29.0 Å². The Labute approximate surface area is 300 Å². The van der Waals surface area contributed by atoms with Gasteiger partial charge < -0.3 is 30.9 Å². The van der Waals surface area contributed by atoms with Crippen molar-refractivity contribution in [3.05, 3.63) is 24.3 Å². The molecule has 3 aliphatic rings. The molecule has 284 valence electrons. The highest BCUT2D eigenvalue weighted by Gasteiger charge is 2.38. The normalized spacial score (nSPS) is 18.5. The van der Waals surface area contributed by atoms with Gasteiger partial charge in [0, 0.05) is 37.6 Å². The molecule has 1 aromatic heterocycles. The second-order valence-corrected chi connectivity index (χ2v) is 14.2. The lowest BCUT2D eigenvalue weighted by atomic mass is 9.85. The standard InChI is InChI=1S/C18H27N5O3.C10H18N2O3.C6H12.C3H8/c1-12-6-5-9-23(12)17(26)15(18(2,3)4)22-14(24)11-21-16(25)13-10-19-7-8-20-13;1-3-15-10(11-6-13)7(2)9(14)12-8-4-5-8;1-2-4-6-5-3-1;1-3-2/h7-8,10,12,15H,5-6,9,11H2,1-4H3,(H,21,25)(H,22,24);6-8,10H,3-5H2,1-2H3,(H,11,13)(H,12,14);1-6H2;3H2,1-2H3. The molecule has 2 heterocycles. The van der Waals surface area contributed by atoms with E-state index in [0.29, 0.717) is 25.6 Å². The number of likely N-dealkylation sites (tertiary alicyclic amines) is 1. The maximum Gasteiger partial charge on any atom is 0.271 e. The molecule has 5 amide bonds. The highest BCUT2D eigenvalue weighted by Crippen LogP contribution is 2.25. The minimum Gasteiger partial charge on any atom is -0.358 e. The fourth-order valence-electron chi connectivity index (χ4n) is 5.30. The molecule has 2 saturated carbocycles. The smallest absolute Gasteiger partial charge is 0.271 e. The number of rotatable bonds is 12. The number of carbonyl (C=O) groups is 5. The summed E-state index contributed by atoms with van der Waals surface area (Å²) >= 11 is 0. The van der Waals surface area contributed by atoms with Crippen molar-refractivity contribution in [2.24, 2.45) is 11.3 Å². The molecule has 3 fully saturated rings. The topological polar surface area (TPSA) is 172 Å². The molecule has 0 spiro atoms. The lowest BCUT2D eigenvalue weighted by molar-refractivity contribution is -0.139. The van der Waals surface area contributed by atoms with Crippen LogP contribution in [0.15, 0.2) is 18.6 Å². The van der Waals surface area contributed by atoms with Gasteiger partial charge in [-0.05, 0) is 51.9 Å². The average Bonchev–Trinajstić information content (AvgIpc) is 3.82. The van der Waals surface area contributed by atoms with E-state index in [9.17, 15) is 24.0 Å².